The third-order valence-electron chi connectivity index (χ3n) is 4.46. The van der Waals surface area contributed by atoms with E-state index in [2.05, 4.69) is 10.0 Å². The average Bonchev–Trinajstić information content (AvgIpc) is 3.18. The number of aryl methyl sites for hydroxylation is 1. The second-order valence-electron chi connectivity index (χ2n) is 6.62. The van der Waals surface area contributed by atoms with E-state index in [0.717, 1.165) is 5.56 Å². The van der Waals surface area contributed by atoms with Crippen LogP contribution in [0.4, 0.5) is 11.4 Å². The molecule has 0 radical (unpaired) electrons. The van der Waals surface area contributed by atoms with Crippen LogP contribution in [-0.2, 0) is 10.0 Å². The first-order chi connectivity index (χ1) is 14.3. The predicted molar refractivity (Wildman–Crippen MR) is 114 cm³/mol. The standard InChI is InChI=1S/C21H17ClN2O5S/c1-13-5-6-15(10-18(13)22)23-21(25)14-3-2-4-17(9-14)30(26,27)24-16-7-8-19-20(11-16)29-12-28-19/h2-11,24H,12H2,1H3,(H,23,25). The Morgan fingerprint density at radius 1 is 0.967 bits per heavy atom. The summed E-state index contributed by atoms with van der Waals surface area (Å²) in [5.41, 5.74) is 1.92. The van der Waals surface area contributed by atoms with Crippen molar-refractivity contribution in [1.29, 1.82) is 0 Å². The zero-order chi connectivity index (χ0) is 21.3. The van der Waals surface area contributed by atoms with Gasteiger partial charge >= 0.3 is 0 Å². The molecule has 1 aliphatic heterocycles. The highest BCUT2D eigenvalue weighted by molar-refractivity contribution is 7.92. The third kappa shape index (κ3) is 4.19. The molecule has 154 valence electrons. The highest BCUT2D eigenvalue weighted by Crippen LogP contribution is 2.34. The maximum absolute atomic E-state index is 12.8. The highest BCUT2D eigenvalue weighted by atomic mass is 35.5. The number of rotatable bonds is 5. The molecule has 0 saturated heterocycles. The van der Waals surface area contributed by atoms with E-state index in [9.17, 15) is 13.2 Å². The van der Waals surface area contributed by atoms with Crippen LogP contribution in [0.2, 0.25) is 5.02 Å². The molecule has 4 rings (SSSR count). The summed E-state index contributed by atoms with van der Waals surface area (Å²) in [7, 11) is -3.92. The summed E-state index contributed by atoms with van der Waals surface area (Å²) >= 11 is 6.08. The van der Waals surface area contributed by atoms with Crippen LogP contribution in [0.3, 0.4) is 0 Å². The molecule has 0 fully saturated rings. The van der Waals surface area contributed by atoms with Gasteiger partial charge in [-0.05, 0) is 55.0 Å². The van der Waals surface area contributed by atoms with Crippen molar-refractivity contribution in [3.63, 3.8) is 0 Å². The van der Waals surface area contributed by atoms with Crippen molar-refractivity contribution in [2.45, 2.75) is 11.8 Å². The number of sulfonamides is 1. The Labute approximate surface area is 178 Å². The quantitative estimate of drug-likeness (QED) is 0.607. The lowest BCUT2D eigenvalue weighted by Crippen LogP contribution is -2.16. The number of halogens is 1. The van der Waals surface area contributed by atoms with Crippen molar-refractivity contribution in [1.82, 2.24) is 0 Å². The van der Waals surface area contributed by atoms with E-state index in [0.29, 0.717) is 27.9 Å². The van der Waals surface area contributed by atoms with Crippen LogP contribution in [0, 0.1) is 6.92 Å². The molecule has 3 aromatic carbocycles. The molecule has 9 heteroatoms. The van der Waals surface area contributed by atoms with Gasteiger partial charge in [0.2, 0.25) is 6.79 Å². The van der Waals surface area contributed by atoms with E-state index < -0.39 is 15.9 Å². The average molecular weight is 445 g/mol. The number of amides is 1. The predicted octanol–water partition coefficient (Wildman–Crippen LogP) is 4.43. The molecule has 0 spiro atoms. The molecule has 0 saturated carbocycles. The first-order valence-electron chi connectivity index (χ1n) is 8.92. The van der Waals surface area contributed by atoms with Crippen molar-refractivity contribution < 1.29 is 22.7 Å². The molecular formula is C21H17ClN2O5S. The van der Waals surface area contributed by atoms with Gasteiger partial charge < -0.3 is 14.8 Å². The highest BCUT2D eigenvalue weighted by Gasteiger charge is 2.19. The lowest BCUT2D eigenvalue weighted by molar-refractivity contribution is 0.102. The molecule has 2 N–H and O–H groups in total. The van der Waals surface area contributed by atoms with Gasteiger partial charge in [0.15, 0.2) is 11.5 Å². The summed E-state index contributed by atoms with van der Waals surface area (Å²) in [6.07, 6.45) is 0. The van der Waals surface area contributed by atoms with E-state index in [4.69, 9.17) is 21.1 Å². The van der Waals surface area contributed by atoms with Gasteiger partial charge in [-0.2, -0.15) is 0 Å². The molecule has 7 nitrogen and oxygen atoms in total. The Kier molecular flexibility index (Phi) is 5.27. The number of carbonyl (C=O) groups excluding carboxylic acids is 1. The first kappa shape index (κ1) is 20.1. The van der Waals surface area contributed by atoms with Crippen LogP contribution in [-0.4, -0.2) is 21.1 Å². The zero-order valence-electron chi connectivity index (χ0n) is 15.8. The van der Waals surface area contributed by atoms with Crippen molar-refractivity contribution in [3.05, 3.63) is 76.8 Å². The van der Waals surface area contributed by atoms with Crippen molar-refractivity contribution >= 4 is 38.9 Å². The summed E-state index contributed by atoms with van der Waals surface area (Å²) in [6, 6.07) is 15.6. The van der Waals surface area contributed by atoms with E-state index in [-0.39, 0.29) is 17.3 Å². The van der Waals surface area contributed by atoms with E-state index >= 15 is 0 Å². The number of hydrogen-bond donors (Lipinski definition) is 2. The molecule has 0 bridgehead atoms. The monoisotopic (exact) mass is 444 g/mol. The van der Waals surface area contributed by atoms with E-state index in [1.54, 1.807) is 30.3 Å². The number of ether oxygens (including phenoxy) is 2. The van der Waals surface area contributed by atoms with Crippen LogP contribution in [0.25, 0.3) is 0 Å². The Balaban J connectivity index is 1.54. The molecule has 0 aromatic heterocycles. The minimum Gasteiger partial charge on any atom is -0.454 e. The second kappa shape index (κ2) is 7.89. The topological polar surface area (TPSA) is 93.7 Å². The van der Waals surface area contributed by atoms with E-state index in [1.165, 1.54) is 30.3 Å². The number of carbonyl (C=O) groups is 1. The fourth-order valence-electron chi connectivity index (χ4n) is 2.85. The second-order valence-corrected chi connectivity index (χ2v) is 8.71. The normalized spacial score (nSPS) is 12.5. The van der Waals surface area contributed by atoms with Gasteiger partial charge in [-0.1, -0.05) is 23.7 Å². The SMILES string of the molecule is Cc1ccc(NC(=O)c2cccc(S(=O)(=O)Nc3ccc4c(c3)OCO4)c2)cc1Cl. The van der Waals surface area contributed by atoms with Gasteiger partial charge in [-0.15, -0.1) is 0 Å². The van der Waals surface area contributed by atoms with Gasteiger partial charge in [-0.25, -0.2) is 8.42 Å². The smallest absolute Gasteiger partial charge is 0.261 e. The Bertz CT molecular complexity index is 1240. The Morgan fingerprint density at radius 3 is 2.53 bits per heavy atom. The molecule has 30 heavy (non-hydrogen) atoms. The molecule has 0 atom stereocenters. The van der Waals surface area contributed by atoms with Crippen LogP contribution < -0.4 is 19.5 Å². The molecule has 1 amide bonds. The summed E-state index contributed by atoms with van der Waals surface area (Å²) in [5, 5.41) is 3.24. The summed E-state index contributed by atoms with van der Waals surface area (Å²) in [4.78, 5) is 12.5. The maximum Gasteiger partial charge on any atom is 0.261 e. The van der Waals surface area contributed by atoms with Crippen molar-refractivity contribution in [2.24, 2.45) is 0 Å². The first-order valence-corrected chi connectivity index (χ1v) is 10.8. The minimum absolute atomic E-state index is 0.0465. The molecule has 1 aliphatic rings. The van der Waals surface area contributed by atoms with Crippen LogP contribution in [0.5, 0.6) is 11.5 Å². The number of hydrogen-bond acceptors (Lipinski definition) is 5. The van der Waals surface area contributed by atoms with Gasteiger partial charge in [0, 0.05) is 22.3 Å². The van der Waals surface area contributed by atoms with Crippen molar-refractivity contribution in [3.8, 4) is 11.5 Å². The largest absolute Gasteiger partial charge is 0.454 e. The Hall–Kier alpha value is -3.23. The fraction of sp³-hybridized carbons (Fsp3) is 0.0952. The number of nitrogens with one attached hydrogen (secondary N) is 2. The third-order valence-corrected chi connectivity index (χ3v) is 6.25. The van der Waals surface area contributed by atoms with E-state index in [1.807, 2.05) is 6.92 Å². The Morgan fingerprint density at radius 2 is 1.73 bits per heavy atom. The van der Waals surface area contributed by atoms with Crippen LogP contribution >= 0.6 is 11.6 Å². The molecular weight excluding hydrogens is 428 g/mol. The lowest BCUT2D eigenvalue weighted by atomic mass is 10.2. The lowest BCUT2D eigenvalue weighted by Gasteiger charge is -2.11. The molecule has 1 heterocycles. The fourth-order valence-corrected chi connectivity index (χ4v) is 4.13. The van der Waals surface area contributed by atoms with Gasteiger partial charge in [0.25, 0.3) is 15.9 Å². The van der Waals surface area contributed by atoms with Crippen LogP contribution in [0.1, 0.15) is 15.9 Å². The van der Waals surface area contributed by atoms with Gasteiger partial charge in [0.1, 0.15) is 0 Å². The molecule has 3 aromatic rings. The number of fused-ring (bicyclic) bond motifs is 1. The van der Waals surface area contributed by atoms with Gasteiger partial charge in [-0.3, -0.25) is 9.52 Å². The molecule has 0 unspecified atom stereocenters. The zero-order valence-corrected chi connectivity index (χ0v) is 17.4. The van der Waals surface area contributed by atoms with Crippen molar-refractivity contribution in [2.75, 3.05) is 16.8 Å². The summed E-state index contributed by atoms with van der Waals surface area (Å²) in [5.74, 6) is 0.558. The minimum atomic E-state index is -3.92. The summed E-state index contributed by atoms with van der Waals surface area (Å²) in [6.45, 7) is 1.95. The number of benzene rings is 3. The number of anilines is 2. The van der Waals surface area contributed by atoms with Gasteiger partial charge in [0.05, 0.1) is 10.6 Å². The van der Waals surface area contributed by atoms with Crippen LogP contribution in [0.15, 0.2) is 65.6 Å². The molecule has 0 aliphatic carbocycles. The maximum atomic E-state index is 12.8. The summed E-state index contributed by atoms with van der Waals surface area (Å²) < 4.78 is 38.5.